The lowest BCUT2D eigenvalue weighted by atomic mass is 9.83. The molecule has 1 aliphatic rings. The molecule has 1 atom stereocenters. The lowest BCUT2D eigenvalue weighted by Crippen LogP contribution is -2.32. The van der Waals surface area contributed by atoms with Crippen molar-refractivity contribution in [3.8, 4) is 0 Å². The number of hydrogen-bond donors (Lipinski definition) is 1. The first-order valence-corrected chi connectivity index (χ1v) is 9.30. The van der Waals surface area contributed by atoms with Crippen LogP contribution in [0.2, 0.25) is 0 Å². The molecule has 3 heterocycles. The standard InChI is InChI=1S/C20H19BrN2O5/c1-11-16(19(24)26-3)18(14-7-8-15(21)28-14)17(12(2)23-11)20(25)27-10-13-6-4-5-9-22-13/h4-9,18,23H,10H2,1-3H3. The maximum absolute atomic E-state index is 13.0. The van der Waals surface area contributed by atoms with E-state index in [0.717, 1.165) is 0 Å². The van der Waals surface area contributed by atoms with Crippen LogP contribution in [0.4, 0.5) is 0 Å². The maximum atomic E-state index is 13.0. The summed E-state index contributed by atoms with van der Waals surface area (Å²) in [6.45, 7) is 3.51. The molecular formula is C20H19BrN2O5. The van der Waals surface area contributed by atoms with Gasteiger partial charge in [0.15, 0.2) is 4.67 Å². The minimum atomic E-state index is -0.753. The van der Waals surface area contributed by atoms with Crippen LogP contribution in [-0.2, 0) is 25.7 Å². The molecule has 146 valence electrons. The largest absolute Gasteiger partial charge is 0.466 e. The maximum Gasteiger partial charge on any atom is 0.337 e. The fourth-order valence-corrected chi connectivity index (χ4v) is 3.43. The first-order valence-electron chi connectivity index (χ1n) is 8.51. The Balaban J connectivity index is 1.97. The summed E-state index contributed by atoms with van der Waals surface area (Å²) in [5.41, 5.74) is 2.36. The number of halogens is 1. The predicted molar refractivity (Wildman–Crippen MR) is 104 cm³/mol. The van der Waals surface area contributed by atoms with Gasteiger partial charge in [0.2, 0.25) is 0 Å². The number of methoxy groups -OCH3 is 1. The number of rotatable bonds is 5. The van der Waals surface area contributed by atoms with Gasteiger partial charge in [-0.25, -0.2) is 9.59 Å². The van der Waals surface area contributed by atoms with E-state index in [1.807, 2.05) is 6.07 Å². The van der Waals surface area contributed by atoms with Crippen molar-refractivity contribution in [2.75, 3.05) is 7.11 Å². The van der Waals surface area contributed by atoms with Crippen LogP contribution in [0, 0.1) is 0 Å². The van der Waals surface area contributed by atoms with Gasteiger partial charge >= 0.3 is 11.9 Å². The Labute approximate surface area is 170 Å². The van der Waals surface area contributed by atoms with E-state index in [9.17, 15) is 9.59 Å². The van der Waals surface area contributed by atoms with E-state index < -0.39 is 17.9 Å². The summed E-state index contributed by atoms with van der Waals surface area (Å²) in [5, 5.41) is 3.07. The second-order valence-electron chi connectivity index (χ2n) is 6.17. The minimum Gasteiger partial charge on any atom is -0.466 e. The molecule has 1 N–H and O–H groups in total. The van der Waals surface area contributed by atoms with E-state index >= 15 is 0 Å². The van der Waals surface area contributed by atoms with Crippen molar-refractivity contribution in [1.82, 2.24) is 10.3 Å². The topological polar surface area (TPSA) is 90.7 Å². The van der Waals surface area contributed by atoms with Crippen molar-refractivity contribution < 1.29 is 23.5 Å². The van der Waals surface area contributed by atoms with Gasteiger partial charge in [0.25, 0.3) is 0 Å². The first kappa shape index (κ1) is 19.9. The summed E-state index contributed by atoms with van der Waals surface area (Å²) in [4.78, 5) is 29.6. The molecule has 28 heavy (non-hydrogen) atoms. The van der Waals surface area contributed by atoms with Gasteiger partial charge in [-0.15, -0.1) is 0 Å². The SMILES string of the molecule is COC(=O)C1=C(C)NC(C)=C(C(=O)OCc2ccccn2)C1c1ccc(Br)o1. The number of ether oxygens (including phenoxy) is 2. The summed E-state index contributed by atoms with van der Waals surface area (Å²) in [6, 6.07) is 8.76. The fraction of sp³-hybridized carbons (Fsp3) is 0.250. The zero-order chi connectivity index (χ0) is 20.3. The number of nitrogens with zero attached hydrogens (tertiary/aromatic N) is 1. The number of dihydropyridines is 1. The van der Waals surface area contributed by atoms with Crippen LogP contribution in [0.25, 0.3) is 0 Å². The Morgan fingerprint density at radius 3 is 2.43 bits per heavy atom. The minimum absolute atomic E-state index is 0.0152. The molecule has 8 heteroatoms. The number of furan rings is 1. The zero-order valence-corrected chi connectivity index (χ0v) is 17.2. The number of nitrogens with one attached hydrogen (secondary N) is 1. The highest BCUT2D eigenvalue weighted by Gasteiger charge is 2.39. The third-order valence-corrected chi connectivity index (χ3v) is 4.77. The fourth-order valence-electron chi connectivity index (χ4n) is 3.11. The second-order valence-corrected chi connectivity index (χ2v) is 6.95. The lowest BCUT2D eigenvalue weighted by Gasteiger charge is -2.28. The van der Waals surface area contributed by atoms with Crippen LogP contribution in [0.5, 0.6) is 0 Å². The van der Waals surface area contributed by atoms with Gasteiger partial charge in [-0.05, 0) is 54.0 Å². The van der Waals surface area contributed by atoms with E-state index in [-0.39, 0.29) is 12.2 Å². The smallest absolute Gasteiger partial charge is 0.337 e. The Morgan fingerprint density at radius 1 is 1.14 bits per heavy atom. The van der Waals surface area contributed by atoms with Crippen molar-refractivity contribution in [3.63, 3.8) is 0 Å². The van der Waals surface area contributed by atoms with E-state index in [0.29, 0.717) is 33.1 Å². The van der Waals surface area contributed by atoms with Gasteiger partial charge in [-0.1, -0.05) is 6.07 Å². The highest BCUT2D eigenvalue weighted by atomic mass is 79.9. The molecular weight excluding hydrogens is 428 g/mol. The van der Waals surface area contributed by atoms with Gasteiger partial charge < -0.3 is 19.2 Å². The third kappa shape index (κ3) is 4.01. The predicted octanol–water partition coefficient (Wildman–Crippen LogP) is 3.59. The highest BCUT2D eigenvalue weighted by Crippen LogP contribution is 2.40. The van der Waals surface area contributed by atoms with Gasteiger partial charge in [-0.3, -0.25) is 4.98 Å². The number of hydrogen-bond acceptors (Lipinski definition) is 7. The molecule has 1 aliphatic heterocycles. The molecule has 7 nitrogen and oxygen atoms in total. The van der Waals surface area contributed by atoms with Crippen molar-refractivity contribution in [3.05, 3.63) is 75.2 Å². The normalized spacial score (nSPS) is 16.6. The molecule has 2 aromatic heterocycles. The Bertz CT molecular complexity index is 962. The average Bonchev–Trinajstić information content (AvgIpc) is 3.12. The van der Waals surface area contributed by atoms with Crippen LogP contribution in [0.15, 0.2) is 68.2 Å². The van der Waals surface area contributed by atoms with Crippen LogP contribution in [0.1, 0.15) is 31.2 Å². The van der Waals surface area contributed by atoms with Crippen LogP contribution in [0.3, 0.4) is 0 Å². The molecule has 0 radical (unpaired) electrons. The third-order valence-electron chi connectivity index (χ3n) is 4.34. The quantitative estimate of drug-likeness (QED) is 0.701. The van der Waals surface area contributed by atoms with Gasteiger partial charge in [0.1, 0.15) is 12.4 Å². The van der Waals surface area contributed by atoms with Crippen molar-refractivity contribution >= 4 is 27.9 Å². The van der Waals surface area contributed by atoms with E-state index in [1.54, 1.807) is 44.3 Å². The highest BCUT2D eigenvalue weighted by molar-refractivity contribution is 9.10. The number of carbonyl (C=O) groups excluding carboxylic acids is 2. The van der Waals surface area contributed by atoms with E-state index in [1.165, 1.54) is 7.11 Å². The molecule has 0 amide bonds. The number of pyridine rings is 1. The van der Waals surface area contributed by atoms with Crippen LogP contribution in [-0.4, -0.2) is 24.0 Å². The number of carbonyl (C=O) groups is 2. The summed E-state index contributed by atoms with van der Waals surface area (Å²) in [6.07, 6.45) is 1.63. The molecule has 1 unspecified atom stereocenters. The average molecular weight is 447 g/mol. The molecule has 0 spiro atoms. The number of allylic oxidation sites excluding steroid dienone is 2. The molecule has 0 aliphatic carbocycles. The first-order chi connectivity index (χ1) is 13.4. The second kappa shape index (κ2) is 8.43. The molecule has 0 fully saturated rings. The molecule has 0 saturated heterocycles. The van der Waals surface area contributed by atoms with Crippen molar-refractivity contribution in [2.45, 2.75) is 26.4 Å². The van der Waals surface area contributed by atoms with E-state index in [4.69, 9.17) is 13.9 Å². The van der Waals surface area contributed by atoms with Crippen molar-refractivity contribution in [1.29, 1.82) is 0 Å². The summed E-state index contributed by atoms with van der Waals surface area (Å²) < 4.78 is 16.6. The lowest BCUT2D eigenvalue weighted by molar-refractivity contribution is -0.141. The molecule has 0 aromatic carbocycles. The van der Waals surface area contributed by atoms with Gasteiger partial charge in [0.05, 0.1) is 29.9 Å². The van der Waals surface area contributed by atoms with Crippen LogP contribution < -0.4 is 5.32 Å². The van der Waals surface area contributed by atoms with Gasteiger partial charge in [0, 0.05) is 17.6 Å². The summed E-state index contributed by atoms with van der Waals surface area (Å²) in [7, 11) is 1.29. The number of esters is 2. The molecule has 0 saturated carbocycles. The summed E-state index contributed by atoms with van der Waals surface area (Å²) >= 11 is 3.27. The number of aromatic nitrogens is 1. The van der Waals surface area contributed by atoms with Crippen molar-refractivity contribution in [2.24, 2.45) is 0 Å². The monoisotopic (exact) mass is 446 g/mol. The van der Waals surface area contributed by atoms with Gasteiger partial charge in [-0.2, -0.15) is 0 Å². The molecule has 2 aromatic rings. The summed E-state index contributed by atoms with van der Waals surface area (Å²) in [5.74, 6) is -1.44. The Hall–Kier alpha value is -2.87. The van der Waals surface area contributed by atoms with Crippen LogP contribution >= 0.6 is 15.9 Å². The zero-order valence-electron chi connectivity index (χ0n) is 15.6. The van der Waals surface area contributed by atoms with E-state index in [2.05, 4.69) is 26.2 Å². The molecule has 3 rings (SSSR count). The Morgan fingerprint density at radius 2 is 1.86 bits per heavy atom. The molecule has 0 bridgehead atoms. The Kier molecular flexibility index (Phi) is 5.99.